The van der Waals surface area contributed by atoms with E-state index in [1.165, 1.54) is 23.1 Å². The zero-order chi connectivity index (χ0) is 24.3. The van der Waals surface area contributed by atoms with Gasteiger partial charge in [0.1, 0.15) is 22.6 Å². The van der Waals surface area contributed by atoms with E-state index in [0.717, 1.165) is 16.0 Å². The topological polar surface area (TPSA) is 118 Å². The average Bonchev–Trinajstić information content (AvgIpc) is 3.24. The Morgan fingerprint density at radius 2 is 1.91 bits per heavy atom. The smallest absolute Gasteiger partial charge is 0.238 e. The number of benzene rings is 1. The summed E-state index contributed by atoms with van der Waals surface area (Å²) >= 11 is 2.59. The van der Waals surface area contributed by atoms with E-state index in [4.69, 9.17) is 0 Å². The largest absolute Gasteiger partial charge is 0.316 e. The van der Waals surface area contributed by atoms with Gasteiger partial charge in [0.25, 0.3) is 0 Å². The first-order valence-electron chi connectivity index (χ1n) is 10.2. The number of carbonyl (C=O) groups excluding carboxylic acids is 1. The van der Waals surface area contributed by atoms with Gasteiger partial charge in [0.05, 0.1) is 15.7 Å². The summed E-state index contributed by atoms with van der Waals surface area (Å²) in [6, 6.07) is 8.82. The zero-order valence-electron chi connectivity index (χ0n) is 19.0. The molecule has 0 radical (unpaired) electrons. The van der Waals surface area contributed by atoms with E-state index in [9.17, 15) is 18.5 Å². The molecule has 3 aromatic rings. The number of thiophene rings is 1. The van der Waals surface area contributed by atoms with Crippen molar-refractivity contribution < 1.29 is 13.2 Å². The van der Waals surface area contributed by atoms with E-state index in [1.807, 2.05) is 27.7 Å². The van der Waals surface area contributed by atoms with Crippen molar-refractivity contribution in [2.75, 3.05) is 5.32 Å². The number of hydrogen-bond donors (Lipinski definition) is 1. The number of carbonyl (C=O) groups is 1. The predicted octanol–water partition coefficient (Wildman–Crippen LogP) is 4.16. The van der Waals surface area contributed by atoms with E-state index >= 15 is 0 Å². The molecule has 8 nitrogen and oxygen atoms in total. The number of aryl methyl sites for hydroxylation is 2. The highest BCUT2D eigenvalue weighted by atomic mass is 32.2. The fourth-order valence-electron chi connectivity index (χ4n) is 3.06. The summed E-state index contributed by atoms with van der Waals surface area (Å²) in [5.41, 5.74) is 2.32. The van der Waals surface area contributed by atoms with E-state index < -0.39 is 15.1 Å². The molecule has 1 atom stereocenters. The van der Waals surface area contributed by atoms with Crippen LogP contribution in [0.15, 0.2) is 34.3 Å². The molecule has 0 aliphatic heterocycles. The number of nitrogens with zero attached hydrogens (tertiary/aromatic N) is 4. The minimum Gasteiger partial charge on any atom is -0.316 e. The number of rotatable bonds is 8. The molecule has 0 saturated carbocycles. The molecule has 1 amide bonds. The fraction of sp³-hybridized carbons (Fsp3) is 0.364. The van der Waals surface area contributed by atoms with Crippen molar-refractivity contribution in [1.82, 2.24) is 14.8 Å². The van der Waals surface area contributed by atoms with Crippen LogP contribution in [0.25, 0.3) is 0 Å². The van der Waals surface area contributed by atoms with Crippen LogP contribution in [0, 0.1) is 32.1 Å². The van der Waals surface area contributed by atoms with Gasteiger partial charge in [-0.3, -0.25) is 4.79 Å². The molecule has 1 aromatic carbocycles. The molecule has 0 aliphatic carbocycles. The molecule has 2 heterocycles. The van der Waals surface area contributed by atoms with Crippen LogP contribution in [0.1, 0.15) is 40.7 Å². The molecule has 0 saturated heterocycles. The lowest BCUT2D eigenvalue weighted by Crippen LogP contribution is -2.25. The van der Waals surface area contributed by atoms with Crippen LogP contribution in [0.5, 0.6) is 0 Å². The molecular formula is C22H25N5O3S3. The van der Waals surface area contributed by atoms with Crippen molar-refractivity contribution in [2.24, 2.45) is 7.05 Å². The first kappa shape index (κ1) is 25.0. The van der Waals surface area contributed by atoms with Gasteiger partial charge in [0.15, 0.2) is 15.0 Å². The first-order valence-corrected chi connectivity index (χ1v) is 13.6. The van der Waals surface area contributed by atoms with Gasteiger partial charge in [-0.05, 0) is 44.9 Å². The van der Waals surface area contributed by atoms with E-state index in [0.29, 0.717) is 28.0 Å². The molecule has 0 spiro atoms. The Hall–Kier alpha value is -2.68. The molecule has 1 unspecified atom stereocenters. The standard InChI is InChI=1S/C22H25N5O3S3/c1-6-18(20(28)24-21-17(11-23)14(3)15(4)31-21)32-22-26-25-19(27(22)5)12-33(29,30)16-9-7-13(2)8-10-16/h7-10,18H,6,12H2,1-5H3,(H,24,28). The Bertz CT molecular complexity index is 1320. The Morgan fingerprint density at radius 3 is 2.52 bits per heavy atom. The van der Waals surface area contributed by atoms with Gasteiger partial charge >= 0.3 is 0 Å². The van der Waals surface area contributed by atoms with Gasteiger partial charge in [-0.1, -0.05) is 36.4 Å². The highest BCUT2D eigenvalue weighted by molar-refractivity contribution is 8.00. The number of thioether (sulfide) groups is 1. The van der Waals surface area contributed by atoms with Crippen LogP contribution in [0.3, 0.4) is 0 Å². The second-order valence-electron chi connectivity index (χ2n) is 7.63. The summed E-state index contributed by atoms with van der Waals surface area (Å²) in [4.78, 5) is 14.1. The lowest BCUT2D eigenvalue weighted by molar-refractivity contribution is -0.115. The molecule has 1 N–H and O–H groups in total. The van der Waals surface area contributed by atoms with E-state index in [1.54, 1.807) is 35.9 Å². The van der Waals surface area contributed by atoms with Crippen LogP contribution in [0.4, 0.5) is 5.00 Å². The number of sulfone groups is 1. The van der Waals surface area contributed by atoms with Crippen LogP contribution in [-0.4, -0.2) is 34.3 Å². The summed E-state index contributed by atoms with van der Waals surface area (Å²) in [5.74, 6) is -0.232. The van der Waals surface area contributed by atoms with E-state index in [2.05, 4.69) is 21.6 Å². The number of hydrogen-bond acceptors (Lipinski definition) is 8. The number of nitrogens with one attached hydrogen (secondary N) is 1. The summed E-state index contributed by atoms with van der Waals surface area (Å²) in [7, 11) is -1.89. The Balaban J connectivity index is 1.75. The van der Waals surface area contributed by atoms with Crippen LogP contribution >= 0.6 is 23.1 Å². The van der Waals surface area contributed by atoms with Crippen molar-refractivity contribution >= 4 is 43.8 Å². The number of aromatic nitrogens is 3. The number of anilines is 1. The second kappa shape index (κ2) is 10.1. The van der Waals surface area contributed by atoms with Crippen LogP contribution < -0.4 is 5.32 Å². The maximum atomic E-state index is 12.9. The van der Waals surface area contributed by atoms with Crippen LogP contribution in [0.2, 0.25) is 0 Å². The van der Waals surface area contributed by atoms with Gasteiger partial charge < -0.3 is 9.88 Å². The van der Waals surface area contributed by atoms with E-state index in [-0.39, 0.29) is 16.6 Å². The maximum absolute atomic E-state index is 12.9. The summed E-state index contributed by atoms with van der Waals surface area (Å²) < 4.78 is 27.2. The Labute approximate surface area is 202 Å². The molecule has 3 rings (SSSR count). The highest BCUT2D eigenvalue weighted by Gasteiger charge is 2.25. The van der Waals surface area contributed by atoms with Gasteiger partial charge in [-0.2, -0.15) is 5.26 Å². The Kier molecular flexibility index (Phi) is 7.62. The fourth-order valence-corrected chi connectivity index (χ4v) is 6.32. The molecule has 0 fully saturated rings. The maximum Gasteiger partial charge on any atom is 0.238 e. The normalized spacial score (nSPS) is 12.4. The number of amides is 1. The monoisotopic (exact) mass is 503 g/mol. The quantitative estimate of drug-likeness (QED) is 0.459. The molecule has 0 aliphatic rings. The number of nitriles is 1. The molecule has 33 heavy (non-hydrogen) atoms. The van der Waals surface area contributed by atoms with Gasteiger partial charge in [-0.15, -0.1) is 21.5 Å². The SMILES string of the molecule is CCC(Sc1nnc(CS(=O)(=O)c2ccc(C)cc2)n1C)C(=O)Nc1sc(C)c(C)c1C#N. The summed E-state index contributed by atoms with van der Waals surface area (Å²) in [6.07, 6.45) is 0.519. The third-order valence-electron chi connectivity index (χ3n) is 5.27. The first-order chi connectivity index (χ1) is 15.6. The van der Waals surface area contributed by atoms with Gasteiger partial charge in [0.2, 0.25) is 5.91 Å². The minimum absolute atomic E-state index is 0.228. The Morgan fingerprint density at radius 1 is 1.24 bits per heavy atom. The van der Waals surface area contributed by atoms with Crippen molar-refractivity contribution in [3.63, 3.8) is 0 Å². The molecular weight excluding hydrogens is 478 g/mol. The van der Waals surface area contributed by atoms with Crippen molar-refractivity contribution in [3.05, 3.63) is 51.7 Å². The zero-order valence-corrected chi connectivity index (χ0v) is 21.5. The molecule has 0 bridgehead atoms. The summed E-state index contributed by atoms with van der Waals surface area (Å²) in [5, 5.41) is 21.0. The van der Waals surface area contributed by atoms with Gasteiger partial charge in [-0.25, -0.2) is 8.42 Å². The van der Waals surface area contributed by atoms with Gasteiger partial charge in [0, 0.05) is 11.9 Å². The predicted molar refractivity (Wildman–Crippen MR) is 130 cm³/mol. The lowest BCUT2D eigenvalue weighted by atomic mass is 10.2. The van der Waals surface area contributed by atoms with Crippen LogP contribution in [-0.2, 0) is 27.4 Å². The third-order valence-corrected chi connectivity index (χ3v) is 9.42. The highest BCUT2D eigenvalue weighted by Crippen LogP contribution is 2.33. The summed E-state index contributed by atoms with van der Waals surface area (Å²) in [6.45, 7) is 7.55. The molecule has 174 valence electrons. The lowest BCUT2D eigenvalue weighted by Gasteiger charge is -2.14. The average molecular weight is 504 g/mol. The third kappa shape index (κ3) is 5.46. The molecule has 2 aromatic heterocycles. The van der Waals surface area contributed by atoms with Crippen molar-refractivity contribution in [1.29, 1.82) is 5.26 Å². The second-order valence-corrected chi connectivity index (χ2v) is 12.0. The van der Waals surface area contributed by atoms with Crippen molar-refractivity contribution in [3.8, 4) is 6.07 Å². The minimum atomic E-state index is -3.58. The molecule has 11 heteroatoms. The van der Waals surface area contributed by atoms with Crippen molar-refractivity contribution in [2.45, 2.75) is 55.2 Å².